The largest absolute Gasteiger partial charge is 0.870 e. The predicted octanol–water partition coefficient (Wildman–Crippen LogP) is 7.60. The molecule has 0 unspecified atom stereocenters. The average molecular weight is 755 g/mol. The van der Waals surface area contributed by atoms with Crippen molar-refractivity contribution in [1.82, 2.24) is 4.90 Å². The van der Waals surface area contributed by atoms with E-state index in [1.807, 2.05) is 12.1 Å². The number of anilines is 1. The van der Waals surface area contributed by atoms with Gasteiger partial charge >= 0.3 is 12.1 Å². The minimum Gasteiger partial charge on any atom is -0.870 e. The first-order chi connectivity index (χ1) is 24.7. The van der Waals surface area contributed by atoms with Gasteiger partial charge in [0.05, 0.1) is 25.5 Å². The van der Waals surface area contributed by atoms with Crippen LogP contribution in [0.4, 0.5) is 14.9 Å². The number of halogens is 3. The second-order valence-corrected chi connectivity index (χ2v) is 13.6. The number of methoxy groups -OCH3 is 2. The van der Waals surface area contributed by atoms with E-state index in [0.29, 0.717) is 57.0 Å². The number of aryl methyl sites for hydroxylation is 1. The van der Waals surface area contributed by atoms with E-state index in [0.717, 1.165) is 38.0 Å². The molecular formula is C39H42Cl2FN3O7. The summed E-state index contributed by atoms with van der Waals surface area (Å²) in [4.78, 5) is 33.6. The topological polar surface area (TPSA) is 122 Å². The van der Waals surface area contributed by atoms with Crippen LogP contribution in [0.1, 0.15) is 52.4 Å². The Morgan fingerprint density at radius 1 is 0.962 bits per heavy atom. The van der Waals surface area contributed by atoms with Gasteiger partial charge in [0.15, 0.2) is 23.9 Å². The van der Waals surface area contributed by atoms with Crippen molar-refractivity contribution in [1.29, 1.82) is 0 Å². The molecule has 4 aromatic rings. The lowest BCUT2D eigenvalue weighted by Crippen LogP contribution is -2.53. The van der Waals surface area contributed by atoms with Gasteiger partial charge in [0.1, 0.15) is 28.1 Å². The molecule has 276 valence electrons. The number of fused-ring (bicyclic) bond motifs is 3. The van der Waals surface area contributed by atoms with Gasteiger partial charge in [-0.1, -0.05) is 53.5 Å². The third-order valence-electron chi connectivity index (χ3n) is 9.66. The van der Waals surface area contributed by atoms with E-state index in [1.165, 1.54) is 18.1 Å². The Hall–Kier alpha value is -4.42. The number of carbonyl (C=O) groups excluding carboxylic acids is 2. The first kappa shape index (κ1) is 38.8. The van der Waals surface area contributed by atoms with Gasteiger partial charge in [0.2, 0.25) is 0 Å². The molecule has 3 aliphatic rings. The first-order valence-corrected chi connectivity index (χ1v) is 17.8. The molecule has 0 spiro atoms. The highest BCUT2D eigenvalue weighted by atomic mass is 35.5. The lowest BCUT2D eigenvalue weighted by atomic mass is 9.86. The lowest BCUT2D eigenvalue weighted by molar-refractivity contribution is -0.377. The lowest BCUT2D eigenvalue weighted by Gasteiger charge is -2.44. The number of H-pyrrole nitrogens is 1. The summed E-state index contributed by atoms with van der Waals surface area (Å²) >= 11 is 12.9. The fourth-order valence-electron chi connectivity index (χ4n) is 6.80. The number of ether oxygens (including phenoxy) is 4. The standard InChI is InChI=1S/C39H40Cl2FN3O6.H2O/c1-48-34-14-13-28(20-36(34)49-2)35(21-29-30(40)22-43-23-31(29)41)50-38(46)27-11-9-25(10-12-27)6-5-17-45(33-8-4-3-7-32(33)42)39(47)51-37-24-44-18-15-26(37)16-19-44;/h3-4,7-14,20,22-23,26,35,37H,5-6,15-19,21,24H2,1-2H3;1H2/t35-,37-;/m0./s1. The van der Waals surface area contributed by atoms with Crippen LogP contribution in [0.3, 0.4) is 0 Å². The van der Waals surface area contributed by atoms with Crippen molar-refractivity contribution in [2.24, 2.45) is 5.92 Å². The zero-order chi connectivity index (χ0) is 35.9. The number of carbonyl (C=O) groups is 2. The maximum atomic E-state index is 14.9. The van der Waals surface area contributed by atoms with Gasteiger partial charge in [0.25, 0.3) is 0 Å². The molecule has 10 nitrogen and oxygen atoms in total. The maximum absolute atomic E-state index is 14.9. The Kier molecular flexibility index (Phi) is 13.3. The summed E-state index contributed by atoms with van der Waals surface area (Å²) in [5.74, 6) is 0.355. The summed E-state index contributed by atoms with van der Waals surface area (Å²) in [5.41, 5.74) is 2.79. The quantitative estimate of drug-likeness (QED) is 0.128. The van der Waals surface area contributed by atoms with Crippen LogP contribution < -0.4 is 19.4 Å². The number of benzene rings is 3. The molecule has 2 N–H and O–H groups in total. The number of amides is 1. The molecular weight excluding hydrogens is 712 g/mol. The number of hydrogen-bond acceptors (Lipinski definition) is 8. The molecule has 0 aliphatic carbocycles. The second-order valence-electron chi connectivity index (χ2n) is 12.8. The normalized spacial score (nSPS) is 18.1. The number of hydrogen-bond donors (Lipinski definition) is 0. The van der Waals surface area contributed by atoms with E-state index in [-0.39, 0.29) is 30.2 Å². The Balaban J connectivity index is 0.00000523. The smallest absolute Gasteiger partial charge is 0.414 e. The highest BCUT2D eigenvalue weighted by Gasteiger charge is 2.37. The summed E-state index contributed by atoms with van der Waals surface area (Å²) in [6.45, 7) is 3.04. The van der Waals surface area contributed by atoms with Crippen LogP contribution in [-0.4, -0.2) is 68.9 Å². The van der Waals surface area contributed by atoms with Gasteiger partial charge in [-0.15, -0.1) is 0 Å². The van der Waals surface area contributed by atoms with Crippen LogP contribution >= 0.6 is 23.2 Å². The van der Waals surface area contributed by atoms with Crippen molar-refractivity contribution >= 4 is 41.0 Å². The Morgan fingerprint density at radius 2 is 1.65 bits per heavy atom. The molecule has 3 fully saturated rings. The summed E-state index contributed by atoms with van der Waals surface area (Å²) < 4.78 is 37.8. The molecule has 0 saturated carbocycles. The zero-order valence-electron chi connectivity index (χ0n) is 29.0. The number of nitrogens with zero attached hydrogens (tertiary/aromatic N) is 2. The van der Waals surface area contributed by atoms with Crippen molar-refractivity contribution in [2.45, 2.75) is 44.3 Å². The van der Waals surface area contributed by atoms with E-state index >= 15 is 0 Å². The van der Waals surface area contributed by atoms with E-state index < -0.39 is 24.0 Å². The molecule has 1 aromatic heterocycles. The third kappa shape index (κ3) is 9.14. The van der Waals surface area contributed by atoms with Gasteiger partial charge < -0.3 is 24.4 Å². The van der Waals surface area contributed by atoms with Crippen molar-refractivity contribution in [2.75, 3.05) is 45.3 Å². The van der Waals surface area contributed by atoms with Crippen LogP contribution in [0.5, 0.6) is 11.5 Å². The van der Waals surface area contributed by atoms with Crippen LogP contribution in [-0.2, 0) is 22.3 Å². The van der Waals surface area contributed by atoms with Crippen molar-refractivity contribution < 1.29 is 43.4 Å². The van der Waals surface area contributed by atoms with Gasteiger partial charge in [0, 0.05) is 25.1 Å². The maximum Gasteiger partial charge on any atom is 0.414 e. The van der Waals surface area contributed by atoms with Gasteiger partial charge in [-0.2, -0.15) is 0 Å². The summed E-state index contributed by atoms with van der Waals surface area (Å²) in [6.07, 6.45) is 5.13. The Labute approximate surface area is 312 Å². The molecule has 3 saturated heterocycles. The van der Waals surface area contributed by atoms with Crippen LogP contribution in [0.2, 0.25) is 10.0 Å². The minimum absolute atomic E-state index is 0. The number of piperidine rings is 3. The average Bonchev–Trinajstić information content (AvgIpc) is 3.15. The summed E-state index contributed by atoms with van der Waals surface area (Å²) in [7, 11) is 3.08. The van der Waals surface area contributed by atoms with Gasteiger partial charge in [-0.25, -0.2) is 19.0 Å². The predicted molar refractivity (Wildman–Crippen MR) is 194 cm³/mol. The molecule has 4 heterocycles. The number of esters is 1. The Morgan fingerprint density at radius 3 is 2.29 bits per heavy atom. The number of rotatable bonds is 13. The van der Waals surface area contributed by atoms with Crippen LogP contribution in [0.25, 0.3) is 0 Å². The van der Waals surface area contributed by atoms with Crippen molar-refractivity contribution in [3.8, 4) is 11.5 Å². The van der Waals surface area contributed by atoms with E-state index in [4.69, 9.17) is 42.1 Å². The van der Waals surface area contributed by atoms with Gasteiger partial charge in [-0.05, 0) is 92.2 Å². The van der Waals surface area contributed by atoms with Crippen molar-refractivity contribution in [3.63, 3.8) is 0 Å². The fourth-order valence-corrected chi connectivity index (χ4v) is 7.33. The molecule has 0 radical (unpaired) electrons. The number of para-hydroxylation sites is 1. The van der Waals surface area contributed by atoms with Crippen LogP contribution in [0, 0.1) is 11.7 Å². The second kappa shape index (κ2) is 17.9. The number of aromatic amines is 1. The number of aromatic nitrogens is 1. The van der Waals surface area contributed by atoms with Crippen molar-refractivity contribution in [3.05, 3.63) is 117 Å². The summed E-state index contributed by atoms with van der Waals surface area (Å²) in [6, 6.07) is 18.7. The SMILES string of the molecule is COc1ccc([C@H](Cc2c(Cl)c[nH+]cc2Cl)OC(=O)c2ccc(CCCN(C(=O)O[C@H]3CN4CCC3CC4)c3ccccc3F)cc2)cc1OC.[OH-]. The molecule has 7 rings (SSSR count). The monoisotopic (exact) mass is 753 g/mol. The molecule has 52 heavy (non-hydrogen) atoms. The Bertz CT molecular complexity index is 1820. The third-order valence-corrected chi connectivity index (χ3v) is 10.3. The molecule has 13 heteroatoms. The zero-order valence-corrected chi connectivity index (χ0v) is 30.5. The molecule has 2 bridgehead atoms. The molecule has 2 atom stereocenters. The number of pyridine rings is 1. The summed E-state index contributed by atoms with van der Waals surface area (Å²) in [5, 5.41) is 0.823. The highest BCUT2D eigenvalue weighted by molar-refractivity contribution is 6.35. The first-order valence-electron chi connectivity index (χ1n) is 17.0. The van der Waals surface area contributed by atoms with E-state index in [9.17, 15) is 14.0 Å². The minimum atomic E-state index is -0.750. The fraction of sp³-hybridized carbons (Fsp3) is 0.359. The molecule has 3 aromatic carbocycles. The molecule has 1 amide bonds. The van der Waals surface area contributed by atoms with E-state index in [1.54, 1.807) is 68.0 Å². The van der Waals surface area contributed by atoms with Gasteiger partial charge in [-0.3, -0.25) is 9.80 Å². The highest BCUT2D eigenvalue weighted by Crippen LogP contribution is 2.36. The van der Waals surface area contributed by atoms with Crippen LogP contribution in [0.15, 0.2) is 79.1 Å². The molecule has 3 aliphatic heterocycles. The van der Waals surface area contributed by atoms with E-state index in [2.05, 4.69) is 9.88 Å². The number of nitrogens with one attached hydrogen (secondary N) is 1.